The summed E-state index contributed by atoms with van der Waals surface area (Å²) in [5, 5.41) is 4.51. The first kappa shape index (κ1) is 14.3. The molecule has 0 bridgehead atoms. The maximum absolute atomic E-state index is 6.24. The van der Waals surface area contributed by atoms with Crippen molar-refractivity contribution in [1.82, 2.24) is 9.78 Å². The Morgan fingerprint density at radius 1 is 1.32 bits per heavy atom. The molecule has 19 heavy (non-hydrogen) atoms. The fraction of sp³-hybridized carbons (Fsp3) is 0.400. The van der Waals surface area contributed by atoms with Gasteiger partial charge in [0.2, 0.25) is 0 Å². The molecule has 102 valence electrons. The Kier molecular flexibility index (Phi) is 4.77. The average Bonchev–Trinajstić information content (AvgIpc) is 2.72. The maximum Gasteiger partial charge on any atom is 0.0766 e. The van der Waals surface area contributed by atoms with Crippen LogP contribution in [0.1, 0.15) is 36.3 Å². The predicted molar refractivity (Wildman–Crippen MR) is 82.0 cm³/mol. The van der Waals surface area contributed by atoms with E-state index < -0.39 is 0 Å². The molecule has 3 nitrogen and oxygen atoms in total. The molecule has 0 spiro atoms. The van der Waals surface area contributed by atoms with Crippen molar-refractivity contribution in [3.8, 4) is 0 Å². The molecule has 0 radical (unpaired) electrons. The van der Waals surface area contributed by atoms with E-state index in [2.05, 4.69) is 40.1 Å². The number of rotatable bonds is 5. The quantitative estimate of drug-likeness (QED) is 0.917. The van der Waals surface area contributed by atoms with Crippen LogP contribution in [0, 0.1) is 0 Å². The van der Waals surface area contributed by atoms with E-state index in [-0.39, 0.29) is 6.04 Å². The highest BCUT2D eigenvalue weighted by Gasteiger charge is 2.14. The summed E-state index contributed by atoms with van der Waals surface area (Å²) in [7, 11) is 1.99. The second-order valence-electron chi connectivity index (χ2n) is 4.74. The summed E-state index contributed by atoms with van der Waals surface area (Å²) >= 11 is 3.64. The Labute approximate surface area is 122 Å². The van der Waals surface area contributed by atoms with Gasteiger partial charge in [-0.3, -0.25) is 4.68 Å². The van der Waals surface area contributed by atoms with Crippen molar-refractivity contribution in [3.05, 3.63) is 51.8 Å². The Morgan fingerprint density at radius 2 is 2.00 bits per heavy atom. The van der Waals surface area contributed by atoms with Crippen LogP contribution in [0.4, 0.5) is 0 Å². The van der Waals surface area contributed by atoms with Crippen molar-refractivity contribution in [2.45, 2.75) is 32.2 Å². The molecule has 1 atom stereocenters. The zero-order valence-corrected chi connectivity index (χ0v) is 13.0. The molecule has 1 aromatic carbocycles. The largest absolute Gasteiger partial charge is 0.324 e. The Hall–Kier alpha value is -1.13. The van der Waals surface area contributed by atoms with E-state index in [1.807, 2.05) is 29.9 Å². The molecular weight excluding hydrogens is 302 g/mol. The van der Waals surface area contributed by atoms with Crippen LogP contribution in [0.3, 0.4) is 0 Å². The number of benzene rings is 1. The monoisotopic (exact) mass is 321 g/mol. The molecule has 2 N–H and O–H groups in total. The predicted octanol–water partition coefficient (Wildman–Crippen LogP) is 3.38. The van der Waals surface area contributed by atoms with Crippen LogP contribution in [-0.2, 0) is 19.9 Å². The van der Waals surface area contributed by atoms with E-state index >= 15 is 0 Å². The highest BCUT2D eigenvalue weighted by Crippen LogP contribution is 2.25. The normalized spacial score (nSPS) is 12.6. The maximum atomic E-state index is 6.24. The Balaban J connectivity index is 2.05. The lowest BCUT2D eigenvalue weighted by Gasteiger charge is -2.12. The molecule has 1 unspecified atom stereocenters. The molecule has 2 rings (SSSR count). The molecule has 0 aliphatic rings. The third-order valence-corrected chi connectivity index (χ3v) is 4.34. The molecule has 0 aliphatic heterocycles. The minimum Gasteiger partial charge on any atom is -0.324 e. The summed E-state index contributed by atoms with van der Waals surface area (Å²) in [4.78, 5) is 0. The van der Waals surface area contributed by atoms with Gasteiger partial charge >= 0.3 is 0 Å². The molecule has 1 aromatic heterocycles. The number of hydrogen-bond acceptors (Lipinski definition) is 2. The summed E-state index contributed by atoms with van der Waals surface area (Å²) < 4.78 is 3.10. The molecule has 0 saturated carbocycles. The van der Waals surface area contributed by atoms with E-state index in [9.17, 15) is 0 Å². The van der Waals surface area contributed by atoms with Gasteiger partial charge in [0.15, 0.2) is 0 Å². The van der Waals surface area contributed by atoms with Crippen molar-refractivity contribution < 1.29 is 0 Å². The van der Waals surface area contributed by atoms with Crippen molar-refractivity contribution in [2.75, 3.05) is 0 Å². The Morgan fingerprint density at radius 3 is 2.58 bits per heavy atom. The second-order valence-corrected chi connectivity index (χ2v) is 5.53. The number of nitrogens with zero attached hydrogens (tertiary/aromatic N) is 2. The number of halogens is 1. The van der Waals surface area contributed by atoms with E-state index in [1.165, 1.54) is 11.3 Å². The number of hydrogen-bond donors (Lipinski definition) is 1. The molecule has 2 aromatic rings. The van der Waals surface area contributed by atoms with Gasteiger partial charge in [-0.15, -0.1) is 0 Å². The summed E-state index contributed by atoms with van der Waals surface area (Å²) in [5.74, 6) is 0. The highest BCUT2D eigenvalue weighted by molar-refractivity contribution is 9.10. The van der Waals surface area contributed by atoms with E-state index in [1.54, 1.807) is 0 Å². The standard InChI is InChI=1S/C15H20BrN3/c1-3-13-15(16)14(19(2)18-13)10-9-12(17)11-7-5-4-6-8-11/h4-8,12H,3,9-10,17H2,1-2H3. The highest BCUT2D eigenvalue weighted by atomic mass is 79.9. The van der Waals surface area contributed by atoms with Gasteiger partial charge in [-0.1, -0.05) is 37.3 Å². The fourth-order valence-corrected chi connectivity index (χ4v) is 3.07. The molecule has 0 amide bonds. The van der Waals surface area contributed by atoms with Crippen molar-refractivity contribution in [3.63, 3.8) is 0 Å². The topological polar surface area (TPSA) is 43.8 Å². The molecule has 0 saturated heterocycles. The van der Waals surface area contributed by atoms with Gasteiger partial charge in [0.1, 0.15) is 0 Å². The van der Waals surface area contributed by atoms with Crippen molar-refractivity contribution in [1.29, 1.82) is 0 Å². The number of aryl methyl sites for hydroxylation is 2. The summed E-state index contributed by atoms with van der Waals surface area (Å²) in [6, 6.07) is 10.3. The summed E-state index contributed by atoms with van der Waals surface area (Å²) in [6.45, 7) is 2.12. The van der Waals surface area contributed by atoms with Crippen molar-refractivity contribution >= 4 is 15.9 Å². The van der Waals surface area contributed by atoms with Crippen molar-refractivity contribution in [2.24, 2.45) is 12.8 Å². The van der Waals surface area contributed by atoms with E-state index in [0.717, 1.165) is 29.4 Å². The molecule has 0 aliphatic carbocycles. The summed E-state index contributed by atoms with van der Waals surface area (Å²) in [5.41, 5.74) is 9.77. The average molecular weight is 322 g/mol. The van der Waals surface area contributed by atoms with Crippen LogP contribution < -0.4 is 5.73 Å². The summed E-state index contributed by atoms with van der Waals surface area (Å²) in [6.07, 6.45) is 2.80. The van der Waals surface area contributed by atoms with Crippen LogP contribution in [-0.4, -0.2) is 9.78 Å². The van der Waals surface area contributed by atoms with Crippen LogP contribution in [0.2, 0.25) is 0 Å². The smallest absolute Gasteiger partial charge is 0.0766 e. The van der Waals surface area contributed by atoms with Gasteiger partial charge in [-0.25, -0.2) is 0 Å². The zero-order valence-electron chi connectivity index (χ0n) is 11.4. The third kappa shape index (κ3) is 3.25. The van der Waals surface area contributed by atoms with Gasteiger partial charge in [0.05, 0.1) is 15.9 Å². The van der Waals surface area contributed by atoms with E-state index in [0.29, 0.717) is 0 Å². The minimum absolute atomic E-state index is 0.0769. The molecule has 4 heteroatoms. The molecule has 0 fully saturated rings. The van der Waals surface area contributed by atoms with Gasteiger partial charge < -0.3 is 5.73 Å². The van der Waals surface area contributed by atoms with Gasteiger partial charge in [0, 0.05) is 13.1 Å². The van der Waals surface area contributed by atoms with Crippen LogP contribution in [0.15, 0.2) is 34.8 Å². The molecule has 1 heterocycles. The first-order valence-corrected chi connectivity index (χ1v) is 7.43. The van der Waals surface area contributed by atoms with Crippen LogP contribution in [0.25, 0.3) is 0 Å². The zero-order chi connectivity index (χ0) is 13.8. The molecular formula is C15H20BrN3. The van der Waals surface area contributed by atoms with Gasteiger partial charge in [-0.2, -0.15) is 5.10 Å². The third-order valence-electron chi connectivity index (χ3n) is 3.42. The van der Waals surface area contributed by atoms with Gasteiger partial charge in [-0.05, 0) is 40.8 Å². The fourth-order valence-electron chi connectivity index (χ4n) is 2.25. The lowest BCUT2D eigenvalue weighted by molar-refractivity contribution is 0.611. The Bertz CT molecular complexity index is 534. The lowest BCUT2D eigenvalue weighted by atomic mass is 10.0. The first-order valence-electron chi connectivity index (χ1n) is 6.64. The number of nitrogens with two attached hydrogens (primary N) is 1. The van der Waals surface area contributed by atoms with Crippen LogP contribution in [0.5, 0.6) is 0 Å². The lowest BCUT2D eigenvalue weighted by Crippen LogP contribution is -2.12. The second kappa shape index (κ2) is 6.35. The van der Waals surface area contributed by atoms with Crippen LogP contribution >= 0.6 is 15.9 Å². The van der Waals surface area contributed by atoms with Gasteiger partial charge in [0.25, 0.3) is 0 Å². The SMILES string of the molecule is CCc1nn(C)c(CCC(N)c2ccccc2)c1Br. The number of aromatic nitrogens is 2. The van der Waals surface area contributed by atoms with E-state index in [4.69, 9.17) is 5.73 Å². The first-order chi connectivity index (χ1) is 9.13. The minimum atomic E-state index is 0.0769.